The van der Waals surface area contributed by atoms with Crippen LogP contribution >= 0.6 is 11.3 Å². The van der Waals surface area contributed by atoms with E-state index in [-0.39, 0.29) is 5.41 Å². The van der Waals surface area contributed by atoms with Gasteiger partial charge in [0.15, 0.2) is 5.58 Å². The van der Waals surface area contributed by atoms with E-state index in [0.29, 0.717) is 0 Å². The van der Waals surface area contributed by atoms with E-state index in [1.54, 1.807) is 11.3 Å². The molecule has 0 bridgehead atoms. The number of benzene rings is 7. The van der Waals surface area contributed by atoms with Crippen LogP contribution in [0.2, 0.25) is 0 Å². The third kappa shape index (κ3) is 4.45. The van der Waals surface area contributed by atoms with Crippen molar-refractivity contribution < 1.29 is 4.42 Å². The highest BCUT2D eigenvalue weighted by Crippen LogP contribution is 2.51. The normalized spacial score (nSPS) is 13.2. The maximum Gasteiger partial charge on any atom is 0.159 e. The molecule has 0 spiro atoms. The zero-order valence-corrected chi connectivity index (χ0v) is 28.5. The van der Waals surface area contributed by atoms with Crippen molar-refractivity contribution in [2.75, 3.05) is 4.90 Å². The van der Waals surface area contributed by atoms with Crippen LogP contribution in [0.25, 0.3) is 65.0 Å². The molecule has 1 aliphatic rings. The molecule has 2 aromatic heterocycles. The Kier molecular flexibility index (Phi) is 6.39. The van der Waals surface area contributed by atoms with E-state index in [4.69, 9.17) is 9.40 Å². The largest absolute Gasteiger partial charge is 0.454 e. The molecule has 3 nitrogen and oxygen atoms in total. The molecule has 0 amide bonds. The molecule has 238 valence electrons. The standard InChI is InChI=1S/C46H32N2OS/c1-46(2)38-18-10-9-16-34(38)35-25-24-33(26-39(35)46)48(32-22-20-30(21-23-32)29-12-5-3-6-13-29)41-19-11-17-36-37-27-43-40(28-42(37)49-44(36)41)47-45(50-43)31-14-7-4-8-15-31/h3-28H,1-2H3. The second-order valence-electron chi connectivity index (χ2n) is 13.6. The van der Waals surface area contributed by atoms with Crippen molar-refractivity contribution in [3.05, 3.63) is 169 Å². The minimum absolute atomic E-state index is 0.118. The summed E-state index contributed by atoms with van der Waals surface area (Å²) in [6.45, 7) is 4.67. The van der Waals surface area contributed by atoms with Crippen molar-refractivity contribution in [1.29, 1.82) is 0 Å². The van der Waals surface area contributed by atoms with Crippen molar-refractivity contribution in [2.45, 2.75) is 19.3 Å². The van der Waals surface area contributed by atoms with Gasteiger partial charge in [0.25, 0.3) is 0 Å². The molecule has 1 aliphatic carbocycles. The van der Waals surface area contributed by atoms with Crippen molar-refractivity contribution in [1.82, 2.24) is 4.98 Å². The van der Waals surface area contributed by atoms with E-state index < -0.39 is 0 Å². The van der Waals surface area contributed by atoms with Crippen LogP contribution in [0.5, 0.6) is 0 Å². The third-order valence-corrected chi connectivity index (χ3v) is 11.4. The van der Waals surface area contributed by atoms with E-state index in [2.05, 4.69) is 170 Å². The van der Waals surface area contributed by atoms with Crippen LogP contribution in [0, 0.1) is 0 Å². The SMILES string of the molecule is CC1(C)c2ccccc2-c2ccc(N(c3ccc(-c4ccccc4)cc3)c3cccc4c3oc3cc5nc(-c6ccccc6)sc5cc34)cc21. The Morgan fingerprint density at radius 3 is 2.04 bits per heavy atom. The zero-order chi connectivity index (χ0) is 33.4. The summed E-state index contributed by atoms with van der Waals surface area (Å²) in [5, 5.41) is 3.21. The van der Waals surface area contributed by atoms with E-state index >= 15 is 0 Å². The second kappa shape index (κ2) is 11.0. The third-order valence-electron chi connectivity index (χ3n) is 10.3. The van der Waals surface area contributed by atoms with E-state index in [9.17, 15) is 0 Å². The molecule has 0 unspecified atom stereocenters. The number of furan rings is 1. The monoisotopic (exact) mass is 660 g/mol. The lowest BCUT2D eigenvalue weighted by Gasteiger charge is -2.28. The van der Waals surface area contributed by atoms with Crippen LogP contribution in [0.4, 0.5) is 17.1 Å². The Hall–Kier alpha value is -5.97. The van der Waals surface area contributed by atoms with Gasteiger partial charge in [-0.25, -0.2) is 4.98 Å². The molecule has 0 fully saturated rings. The number of hydrogen-bond acceptors (Lipinski definition) is 4. The average molecular weight is 661 g/mol. The van der Waals surface area contributed by atoms with Gasteiger partial charge in [0.1, 0.15) is 10.6 Å². The van der Waals surface area contributed by atoms with Crippen LogP contribution in [0.15, 0.2) is 162 Å². The summed E-state index contributed by atoms with van der Waals surface area (Å²) in [4.78, 5) is 7.36. The smallest absolute Gasteiger partial charge is 0.159 e. The molecule has 10 rings (SSSR count). The van der Waals surface area contributed by atoms with Crippen LogP contribution < -0.4 is 4.90 Å². The number of anilines is 3. The fraction of sp³-hybridized carbons (Fsp3) is 0.0652. The molecular weight excluding hydrogens is 629 g/mol. The number of thiazole rings is 1. The number of hydrogen-bond donors (Lipinski definition) is 0. The fourth-order valence-electron chi connectivity index (χ4n) is 7.78. The Morgan fingerprint density at radius 2 is 1.24 bits per heavy atom. The summed E-state index contributed by atoms with van der Waals surface area (Å²) < 4.78 is 7.98. The van der Waals surface area contributed by atoms with Crippen LogP contribution in [0.1, 0.15) is 25.0 Å². The van der Waals surface area contributed by atoms with Crippen molar-refractivity contribution in [3.8, 4) is 32.8 Å². The molecule has 0 radical (unpaired) electrons. The summed E-state index contributed by atoms with van der Waals surface area (Å²) in [6, 6.07) is 56.4. The van der Waals surface area contributed by atoms with E-state index in [1.165, 1.54) is 33.4 Å². The molecule has 0 saturated heterocycles. The first-order chi connectivity index (χ1) is 24.5. The second-order valence-corrected chi connectivity index (χ2v) is 14.6. The lowest BCUT2D eigenvalue weighted by molar-refractivity contribution is 0.660. The van der Waals surface area contributed by atoms with Crippen LogP contribution in [-0.4, -0.2) is 4.98 Å². The summed E-state index contributed by atoms with van der Waals surface area (Å²) in [5.41, 5.74) is 14.6. The van der Waals surface area contributed by atoms with Gasteiger partial charge in [-0.15, -0.1) is 11.3 Å². The van der Waals surface area contributed by atoms with Crippen molar-refractivity contribution in [3.63, 3.8) is 0 Å². The number of nitrogens with zero attached hydrogens (tertiary/aromatic N) is 2. The molecule has 0 saturated carbocycles. The van der Waals surface area contributed by atoms with Gasteiger partial charge in [-0.2, -0.15) is 0 Å². The quantitative estimate of drug-likeness (QED) is 0.184. The highest BCUT2D eigenvalue weighted by molar-refractivity contribution is 7.21. The fourth-order valence-corrected chi connectivity index (χ4v) is 8.77. The van der Waals surface area contributed by atoms with Gasteiger partial charge in [0.2, 0.25) is 0 Å². The lowest BCUT2D eigenvalue weighted by atomic mass is 9.82. The average Bonchev–Trinajstić information content (AvgIpc) is 3.82. The molecular formula is C46H32N2OS. The predicted octanol–water partition coefficient (Wildman–Crippen LogP) is 13.3. The Balaban J connectivity index is 1.16. The number of aromatic nitrogens is 1. The summed E-state index contributed by atoms with van der Waals surface area (Å²) in [5.74, 6) is 0. The molecule has 0 atom stereocenters. The number of rotatable bonds is 5. The topological polar surface area (TPSA) is 29.3 Å². The van der Waals surface area contributed by atoms with Gasteiger partial charge in [-0.1, -0.05) is 129 Å². The minimum atomic E-state index is -0.118. The van der Waals surface area contributed by atoms with Crippen molar-refractivity contribution >= 4 is 60.6 Å². The zero-order valence-electron chi connectivity index (χ0n) is 27.7. The maximum atomic E-state index is 6.83. The first-order valence-electron chi connectivity index (χ1n) is 17.0. The summed E-state index contributed by atoms with van der Waals surface area (Å²) >= 11 is 1.72. The van der Waals surface area contributed by atoms with E-state index in [1.807, 2.05) is 6.07 Å². The van der Waals surface area contributed by atoms with Crippen LogP contribution in [0.3, 0.4) is 0 Å². The molecule has 0 aliphatic heterocycles. The van der Waals surface area contributed by atoms with E-state index in [0.717, 1.165) is 59.8 Å². The Morgan fingerprint density at radius 1 is 0.560 bits per heavy atom. The Bertz CT molecular complexity index is 2720. The molecule has 4 heteroatoms. The van der Waals surface area contributed by atoms with Crippen molar-refractivity contribution in [2.24, 2.45) is 0 Å². The van der Waals surface area contributed by atoms with Gasteiger partial charge in [0, 0.05) is 39.2 Å². The first-order valence-corrected chi connectivity index (χ1v) is 17.9. The molecule has 9 aromatic rings. The highest BCUT2D eigenvalue weighted by atomic mass is 32.1. The van der Waals surface area contributed by atoms with Gasteiger partial charge < -0.3 is 9.32 Å². The van der Waals surface area contributed by atoms with Gasteiger partial charge >= 0.3 is 0 Å². The highest BCUT2D eigenvalue weighted by Gasteiger charge is 2.36. The maximum absolute atomic E-state index is 6.83. The predicted molar refractivity (Wildman–Crippen MR) is 210 cm³/mol. The lowest BCUT2D eigenvalue weighted by Crippen LogP contribution is -2.16. The summed E-state index contributed by atoms with van der Waals surface area (Å²) in [7, 11) is 0. The Labute approximate surface area is 294 Å². The molecule has 0 N–H and O–H groups in total. The van der Waals surface area contributed by atoms with Crippen LogP contribution in [-0.2, 0) is 5.41 Å². The van der Waals surface area contributed by atoms with Gasteiger partial charge in [0.05, 0.1) is 15.9 Å². The molecule has 7 aromatic carbocycles. The summed E-state index contributed by atoms with van der Waals surface area (Å²) in [6.07, 6.45) is 0. The first kappa shape index (κ1) is 29.0. The minimum Gasteiger partial charge on any atom is -0.454 e. The van der Waals surface area contributed by atoms with Gasteiger partial charge in [-0.3, -0.25) is 0 Å². The molecule has 2 heterocycles. The number of para-hydroxylation sites is 1. The molecule has 50 heavy (non-hydrogen) atoms. The number of fused-ring (bicyclic) bond motifs is 7. The van der Waals surface area contributed by atoms with Gasteiger partial charge in [-0.05, 0) is 69.8 Å².